The molecule has 4 rings (SSSR count). The van der Waals surface area contributed by atoms with Crippen molar-refractivity contribution in [3.05, 3.63) is 29.8 Å². The number of amides is 2. The first kappa shape index (κ1) is 20.3. The zero-order valence-electron chi connectivity index (χ0n) is 15.8. The van der Waals surface area contributed by atoms with E-state index in [1.165, 1.54) is 26.8 Å². The number of ether oxygens (including phenoxy) is 3. The predicted octanol–water partition coefficient (Wildman–Crippen LogP) is 0.890. The molecule has 12 heteroatoms. The van der Waals surface area contributed by atoms with Gasteiger partial charge in [0.15, 0.2) is 0 Å². The number of benzene rings is 1. The highest BCUT2D eigenvalue weighted by atomic mass is 19.4. The smallest absolute Gasteiger partial charge is 0.421 e. The molecule has 1 aromatic rings. The predicted molar refractivity (Wildman–Crippen MR) is 91.9 cm³/mol. The number of nitrogens with zero attached hydrogens (tertiary/aromatic N) is 3. The molecule has 9 nitrogen and oxygen atoms in total. The van der Waals surface area contributed by atoms with Crippen LogP contribution in [0.2, 0.25) is 0 Å². The van der Waals surface area contributed by atoms with E-state index in [2.05, 4.69) is 0 Å². The van der Waals surface area contributed by atoms with Gasteiger partial charge in [0.2, 0.25) is 0 Å². The number of carbonyl (C=O) groups is 3. The van der Waals surface area contributed by atoms with Crippen LogP contribution in [0.3, 0.4) is 0 Å². The Balaban J connectivity index is 1.33. The minimum Gasteiger partial charge on any atom is -0.487 e. The lowest BCUT2D eigenvalue weighted by atomic mass is 10.1. The van der Waals surface area contributed by atoms with Crippen molar-refractivity contribution in [2.24, 2.45) is 0 Å². The van der Waals surface area contributed by atoms with Gasteiger partial charge in [-0.25, -0.2) is 19.3 Å². The molecule has 1 spiro atoms. The van der Waals surface area contributed by atoms with E-state index < -0.39 is 35.7 Å². The summed E-state index contributed by atoms with van der Waals surface area (Å²) in [5, 5.41) is 0. The van der Waals surface area contributed by atoms with E-state index in [0.717, 1.165) is 12.1 Å². The Hall–Kier alpha value is -3.02. The molecular weight excluding hydrogens is 411 g/mol. The average Bonchev–Trinajstić information content (AvgIpc) is 2.93. The number of likely N-dealkylation sites (tertiary alicyclic amines) is 1. The van der Waals surface area contributed by atoms with E-state index >= 15 is 0 Å². The second-order valence-corrected chi connectivity index (χ2v) is 7.29. The first-order valence-electron chi connectivity index (χ1n) is 9.13. The standard InChI is InChI=1S/C18H18F3N3O6/c1-22-5-6-23(10-17(22)29-14(25)15(26)30-17)16(27)24-8-13(9-24)28-12-4-2-3-11(7-12)18(19,20)21/h2-4,7,13H,5-6,8-10H2,1H3. The fourth-order valence-corrected chi connectivity index (χ4v) is 3.47. The lowest BCUT2D eigenvalue weighted by Crippen LogP contribution is -2.67. The molecule has 0 N–H and O–H groups in total. The number of esters is 2. The van der Waals surface area contributed by atoms with Crippen molar-refractivity contribution in [3.63, 3.8) is 0 Å². The Labute approximate surface area is 168 Å². The van der Waals surface area contributed by atoms with Crippen LogP contribution in [-0.2, 0) is 25.2 Å². The molecule has 0 atom stereocenters. The molecule has 1 aromatic carbocycles. The van der Waals surface area contributed by atoms with E-state index in [4.69, 9.17) is 14.2 Å². The van der Waals surface area contributed by atoms with Crippen LogP contribution < -0.4 is 4.74 Å². The van der Waals surface area contributed by atoms with Gasteiger partial charge in [-0.05, 0) is 25.2 Å². The highest BCUT2D eigenvalue weighted by molar-refractivity contribution is 6.31. The molecule has 3 aliphatic heterocycles. The number of carbonyl (C=O) groups excluding carboxylic acids is 3. The Morgan fingerprint density at radius 1 is 1.13 bits per heavy atom. The molecule has 0 radical (unpaired) electrons. The first-order valence-corrected chi connectivity index (χ1v) is 9.13. The molecule has 0 aliphatic carbocycles. The lowest BCUT2D eigenvalue weighted by molar-refractivity contribution is -0.261. The summed E-state index contributed by atoms with van der Waals surface area (Å²) in [6.45, 7) is 0.865. The van der Waals surface area contributed by atoms with Crippen molar-refractivity contribution < 1.29 is 41.8 Å². The molecule has 0 aromatic heterocycles. The second-order valence-electron chi connectivity index (χ2n) is 7.29. The zero-order valence-corrected chi connectivity index (χ0v) is 15.8. The van der Waals surface area contributed by atoms with Crippen molar-refractivity contribution in [3.8, 4) is 5.75 Å². The third-order valence-electron chi connectivity index (χ3n) is 5.20. The summed E-state index contributed by atoms with van der Waals surface area (Å²) in [6.07, 6.45) is -4.91. The Morgan fingerprint density at radius 2 is 1.80 bits per heavy atom. The van der Waals surface area contributed by atoms with Gasteiger partial charge >= 0.3 is 30.1 Å². The largest absolute Gasteiger partial charge is 0.487 e. The monoisotopic (exact) mass is 429 g/mol. The summed E-state index contributed by atoms with van der Waals surface area (Å²) >= 11 is 0. The molecule has 3 fully saturated rings. The highest BCUT2D eigenvalue weighted by Gasteiger charge is 2.56. The summed E-state index contributed by atoms with van der Waals surface area (Å²) in [4.78, 5) is 40.0. The second kappa shape index (κ2) is 7.04. The van der Waals surface area contributed by atoms with E-state index in [1.54, 1.807) is 7.05 Å². The molecule has 0 bridgehead atoms. The molecule has 0 saturated carbocycles. The summed E-state index contributed by atoms with van der Waals surface area (Å²) in [6, 6.07) is 4.18. The van der Waals surface area contributed by atoms with E-state index in [9.17, 15) is 27.6 Å². The van der Waals surface area contributed by atoms with Crippen LogP contribution in [0.5, 0.6) is 5.75 Å². The number of urea groups is 1. The summed E-state index contributed by atoms with van der Waals surface area (Å²) < 4.78 is 54.0. The minimum atomic E-state index is -4.47. The van der Waals surface area contributed by atoms with Crippen LogP contribution in [0.1, 0.15) is 5.56 Å². The Morgan fingerprint density at radius 3 is 2.43 bits per heavy atom. The molecule has 2 amide bonds. The van der Waals surface area contributed by atoms with E-state index in [-0.39, 0.29) is 31.4 Å². The van der Waals surface area contributed by atoms with Crippen molar-refractivity contribution in [1.29, 1.82) is 0 Å². The number of piperazine rings is 1. The van der Waals surface area contributed by atoms with Gasteiger partial charge in [-0.2, -0.15) is 13.2 Å². The van der Waals surface area contributed by atoms with E-state index in [0.29, 0.717) is 13.1 Å². The quantitative estimate of drug-likeness (QED) is 0.510. The number of halogens is 3. The van der Waals surface area contributed by atoms with Crippen molar-refractivity contribution in [2.45, 2.75) is 18.2 Å². The van der Waals surface area contributed by atoms with Gasteiger partial charge in [0.05, 0.1) is 18.7 Å². The molecule has 30 heavy (non-hydrogen) atoms. The maximum Gasteiger partial charge on any atom is 0.421 e. The molecule has 3 aliphatic rings. The fourth-order valence-electron chi connectivity index (χ4n) is 3.47. The SMILES string of the molecule is CN1CCN(C(=O)N2CC(Oc3cccc(C(F)(F)F)c3)C2)CC12OC(=O)C(=O)O2. The number of hydrogen-bond donors (Lipinski definition) is 0. The Bertz CT molecular complexity index is 870. The summed E-state index contributed by atoms with van der Waals surface area (Å²) in [5.41, 5.74) is -0.810. The molecule has 162 valence electrons. The molecule has 3 saturated heterocycles. The van der Waals surface area contributed by atoms with E-state index in [1.807, 2.05) is 0 Å². The van der Waals surface area contributed by atoms with Crippen molar-refractivity contribution >= 4 is 18.0 Å². The summed E-state index contributed by atoms with van der Waals surface area (Å²) in [7, 11) is 1.61. The van der Waals surface area contributed by atoms with Gasteiger partial charge in [0, 0.05) is 13.1 Å². The fraction of sp³-hybridized carbons (Fsp3) is 0.500. The Kier molecular flexibility index (Phi) is 4.76. The average molecular weight is 429 g/mol. The minimum absolute atomic E-state index is 0.0743. The van der Waals surface area contributed by atoms with Crippen LogP contribution in [0.15, 0.2) is 24.3 Å². The number of rotatable bonds is 2. The normalized spacial score (nSPS) is 22.0. The lowest BCUT2D eigenvalue weighted by Gasteiger charge is -2.46. The molecule has 3 heterocycles. The first-order chi connectivity index (χ1) is 14.1. The van der Waals surface area contributed by atoms with Crippen LogP contribution in [0.25, 0.3) is 0 Å². The number of alkyl halides is 3. The third-order valence-corrected chi connectivity index (χ3v) is 5.20. The number of likely N-dealkylation sites (N-methyl/N-ethyl adjacent to an activating group) is 1. The maximum atomic E-state index is 12.8. The van der Waals surface area contributed by atoms with Crippen molar-refractivity contribution in [1.82, 2.24) is 14.7 Å². The highest BCUT2D eigenvalue weighted by Crippen LogP contribution is 2.33. The van der Waals surface area contributed by atoms with Crippen LogP contribution in [-0.4, -0.2) is 84.5 Å². The topological polar surface area (TPSA) is 88.6 Å². The maximum absolute atomic E-state index is 12.8. The van der Waals surface area contributed by atoms with Gasteiger partial charge in [0.25, 0.3) is 0 Å². The van der Waals surface area contributed by atoms with Gasteiger partial charge in [-0.1, -0.05) is 6.07 Å². The molecular formula is C18H18F3N3O6. The number of hydrogen-bond acceptors (Lipinski definition) is 7. The van der Waals surface area contributed by atoms with Crippen molar-refractivity contribution in [2.75, 3.05) is 39.8 Å². The van der Waals surface area contributed by atoms with Crippen LogP contribution in [0.4, 0.5) is 18.0 Å². The zero-order chi connectivity index (χ0) is 21.7. The summed E-state index contributed by atoms with van der Waals surface area (Å²) in [5.74, 6) is -3.80. The van der Waals surface area contributed by atoms with Crippen LogP contribution in [0, 0.1) is 0 Å². The van der Waals surface area contributed by atoms with Gasteiger partial charge in [0.1, 0.15) is 18.4 Å². The van der Waals surface area contributed by atoms with Gasteiger partial charge in [-0.15, -0.1) is 0 Å². The van der Waals surface area contributed by atoms with Crippen LogP contribution >= 0.6 is 0 Å². The third kappa shape index (κ3) is 3.62. The molecule has 0 unspecified atom stereocenters. The van der Waals surface area contributed by atoms with Gasteiger partial charge < -0.3 is 24.0 Å². The van der Waals surface area contributed by atoms with Gasteiger partial charge in [-0.3, -0.25) is 0 Å².